The van der Waals surface area contributed by atoms with Crippen LogP contribution >= 0.6 is 0 Å². The lowest BCUT2D eigenvalue weighted by molar-refractivity contribution is -0.124. The molecule has 1 aromatic carbocycles. The fraction of sp³-hybridized carbons (Fsp3) is 0.462. The summed E-state index contributed by atoms with van der Waals surface area (Å²) in [7, 11) is 1.58. The predicted molar refractivity (Wildman–Crippen MR) is 67.8 cm³/mol. The van der Waals surface area contributed by atoms with Gasteiger partial charge in [-0.15, -0.1) is 0 Å². The molecule has 1 unspecified atom stereocenters. The average molecular weight is 236 g/mol. The van der Waals surface area contributed by atoms with Gasteiger partial charge in [-0.05, 0) is 26.8 Å². The zero-order chi connectivity index (χ0) is 13.1. The van der Waals surface area contributed by atoms with E-state index in [4.69, 9.17) is 10.5 Å². The first kappa shape index (κ1) is 13.5. The van der Waals surface area contributed by atoms with Crippen molar-refractivity contribution >= 4 is 5.91 Å². The first-order valence-electron chi connectivity index (χ1n) is 5.63. The van der Waals surface area contributed by atoms with E-state index in [1.165, 1.54) is 0 Å². The van der Waals surface area contributed by atoms with Crippen LogP contribution < -0.4 is 15.8 Å². The van der Waals surface area contributed by atoms with Gasteiger partial charge in [0.25, 0.3) is 0 Å². The molecule has 0 aromatic heterocycles. The fourth-order valence-electron chi connectivity index (χ4n) is 1.92. The van der Waals surface area contributed by atoms with Crippen molar-refractivity contribution in [1.82, 2.24) is 5.32 Å². The van der Waals surface area contributed by atoms with Crippen molar-refractivity contribution in [3.63, 3.8) is 0 Å². The van der Waals surface area contributed by atoms with Gasteiger partial charge in [0, 0.05) is 11.6 Å². The Morgan fingerprint density at radius 1 is 1.41 bits per heavy atom. The van der Waals surface area contributed by atoms with Crippen LogP contribution in [0.25, 0.3) is 0 Å². The highest BCUT2D eigenvalue weighted by Crippen LogP contribution is 2.29. The third-order valence-corrected chi connectivity index (χ3v) is 2.72. The Morgan fingerprint density at radius 2 is 2.00 bits per heavy atom. The second-order valence-electron chi connectivity index (χ2n) is 4.49. The predicted octanol–water partition coefficient (Wildman–Crippen LogP) is 1.39. The minimum absolute atomic E-state index is 0.136. The molecule has 0 saturated carbocycles. The topological polar surface area (TPSA) is 64.3 Å². The molecule has 0 radical (unpaired) electrons. The van der Waals surface area contributed by atoms with Gasteiger partial charge in [0.05, 0.1) is 7.11 Å². The molecule has 0 aliphatic heterocycles. The Bertz CT molecular complexity index is 404. The molecule has 94 valence electrons. The van der Waals surface area contributed by atoms with E-state index < -0.39 is 11.4 Å². The zero-order valence-electron chi connectivity index (χ0n) is 10.8. The van der Waals surface area contributed by atoms with E-state index in [1.54, 1.807) is 14.0 Å². The standard InChI is InChI=1S/C13H20N2O2/c1-9(2)15-13(3,12(14)16)10-7-5-6-8-11(10)17-4/h5-9,15H,1-4H3,(H2,14,16). The second-order valence-corrected chi connectivity index (χ2v) is 4.49. The number of amides is 1. The van der Waals surface area contributed by atoms with Crippen molar-refractivity contribution in [2.24, 2.45) is 5.73 Å². The number of benzene rings is 1. The SMILES string of the molecule is COc1ccccc1C(C)(NC(C)C)C(N)=O. The van der Waals surface area contributed by atoms with Gasteiger partial charge in [-0.25, -0.2) is 0 Å². The molecule has 1 atom stereocenters. The van der Waals surface area contributed by atoms with Crippen molar-refractivity contribution in [3.05, 3.63) is 29.8 Å². The van der Waals surface area contributed by atoms with Gasteiger partial charge in [-0.2, -0.15) is 0 Å². The van der Waals surface area contributed by atoms with Gasteiger partial charge in [-0.3, -0.25) is 10.1 Å². The lowest BCUT2D eigenvalue weighted by Crippen LogP contribution is -2.53. The first-order chi connectivity index (χ1) is 7.91. The summed E-state index contributed by atoms with van der Waals surface area (Å²) in [4.78, 5) is 11.7. The molecule has 1 aromatic rings. The minimum Gasteiger partial charge on any atom is -0.496 e. The zero-order valence-corrected chi connectivity index (χ0v) is 10.8. The van der Waals surface area contributed by atoms with Crippen LogP contribution in [0.1, 0.15) is 26.3 Å². The van der Waals surface area contributed by atoms with Gasteiger partial charge < -0.3 is 10.5 Å². The van der Waals surface area contributed by atoms with Crippen LogP contribution in [-0.4, -0.2) is 19.1 Å². The molecule has 0 fully saturated rings. The summed E-state index contributed by atoms with van der Waals surface area (Å²) in [6.07, 6.45) is 0. The highest BCUT2D eigenvalue weighted by molar-refractivity contribution is 5.86. The number of rotatable bonds is 5. The van der Waals surface area contributed by atoms with E-state index in [0.717, 1.165) is 5.56 Å². The molecule has 0 aliphatic carbocycles. The van der Waals surface area contributed by atoms with Crippen molar-refractivity contribution in [2.45, 2.75) is 32.4 Å². The number of carbonyl (C=O) groups is 1. The summed E-state index contributed by atoms with van der Waals surface area (Å²) in [6.45, 7) is 5.71. The smallest absolute Gasteiger partial charge is 0.242 e. The Labute approximate surface area is 102 Å². The summed E-state index contributed by atoms with van der Waals surface area (Å²) < 4.78 is 5.28. The van der Waals surface area contributed by atoms with Gasteiger partial charge >= 0.3 is 0 Å². The van der Waals surface area contributed by atoms with E-state index in [2.05, 4.69) is 5.32 Å². The van der Waals surface area contributed by atoms with Crippen molar-refractivity contribution in [1.29, 1.82) is 0 Å². The largest absolute Gasteiger partial charge is 0.496 e. The van der Waals surface area contributed by atoms with E-state index >= 15 is 0 Å². The Balaban J connectivity index is 3.27. The number of hydrogen-bond donors (Lipinski definition) is 2. The third-order valence-electron chi connectivity index (χ3n) is 2.72. The molecule has 0 spiro atoms. The highest BCUT2D eigenvalue weighted by Gasteiger charge is 2.35. The number of hydrogen-bond acceptors (Lipinski definition) is 3. The molecule has 0 saturated heterocycles. The monoisotopic (exact) mass is 236 g/mol. The summed E-state index contributed by atoms with van der Waals surface area (Å²) in [5.74, 6) is 0.234. The van der Waals surface area contributed by atoms with Crippen LogP contribution in [0.2, 0.25) is 0 Å². The van der Waals surface area contributed by atoms with Crippen molar-refractivity contribution < 1.29 is 9.53 Å². The maximum absolute atomic E-state index is 11.7. The normalized spacial score (nSPS) is 14.4. The summed E-state index contributed by atoms with van der Waals surface area (Å²) >= 11 is 0. The molecule has 1 rings (SSSR count). The van der Waals surface area contributed by atoms with Gasteiger partial charge in [0.2, 0.25) is 5.91 Å². The average Bonchev–Trinajstić information content (AvgIpc) is 2.27. The van der Waals surface area contributed by atoms with Crippen molar-refractivity contribution in [2.75, 3.05) is 7.11 Å². The van der Waals surface area contributed by atoms with Crippen molar-refractivity contribution in [3.8, 4) is 5.75 Å². The van der Waals surface area contributed by atoms with Gasteiger partial charge in [-0.1, -0.05) is 18.2 Å². The quantitative estimate of drug-likeness (QED) is 0.812. The molecule has 4 nitrogen and oxygen atoms in total. The maximum Gasteiger partial charge on any atom is 0.242 e. The Kier molecular flexibility index (Phi) is 4.12. The van der Waals surface area contributed by atoms with Crippen LogP contribution in [0.15, 0.2) is 24.3 Å². The molecule has 17 heavy (non-hydrogen) atoms. The number of para-hydroxylation sites is 1. The summed E-state index contributed by atoms with van der Waals surface area (Å²) in [6, 6.07) is 7.52. The van der Waals surface area contributed by atoms with E-state index in [9.17, 15) is 4.79 Å². The van der Waals surface area contributed by atoms with Crippen LogP contribution in [0.5, 0.6) is 5.75 Å². The molecule has 4 heteroatoms. The Hall–Kier alpha value is -1.55. The number of carbonyl (C=O) groups excluding carboxylic acids is 1. The fourth-order valence-corrected chi connectivity index (χ4v) is 1.92. The van der Waals surface area contributed by atoms with Crippen LogP contribution in [-0.2, 0) is 10.3 Å². The van der Waals surface area contributed by atoms with E-state index in [0.29, 0.717) is 5.75 Å². The maximum atomic E-state index is 11.7. The Morgan fingerprint density at radius 3 is 2.47 bits per heavy atom. The molecule has 0 bridgehead atoms. The number of ether oxygens (including phenoxy) is 1. The molecular weight excluding hydrogens is 216 g/mol. The van der Waals surface area contributed by atoms with Crippen LogP contribution in [0.3, 0.4) is 0 Å². The van der Waals surface area contributed by atoms with Gasteiger partial charge in [0.15, 0.2) is 0 Å². The molecular formula is C13H20N2O2. The van der Waals surface area contributed by atoms with E-state index in [1.807, 2.05) is 38.1 Å². The first-order valence-corrected chi connectivity index (χ1v) is 5.63. The van der Waals surface area contributed by atoms with Crippen LogP contribution in [0, 0.1) is 0 Å². The second kappa shape index (κ2) is 5.19. The minimum atomic E-state index is -0.930. The highest BCUT2D eigenvalue weighted by atomic mass is 16.5. The number of primary amides is 1. The summed E-state index contributed by atoms with van der Waals surface area (Å²) in [5.41, 5.74) is 5.34. The number of nitrogens with one attached hydrogen (secondary N) is 1. The third kappa shape index (κ3) is 2.77. The number of methoxy groups -OCH3 is 1. The van der Waals surface area contributed by atoms with Crippen LogP contribution in [0.4, 0.5) is 0 Å². The van der Waals surface area contributed by atoms with Gasteiger partial charge in [0.1, 0.15) is 11.3 Å². The van der Waals surface area contributed by atoms with E-state index in [-0.39, 0.29) is 6.04 Å². The molecule has 0 aliphatic rings. The number of nitrogens with two attached hydrogens (primary N) is 1. The molecule has 1 amide bonds. The summed E-state index contributed by atoms with van der Waals surface area (Å²) in [5, 5.41) is 3.19. The lowest BCUT2D eigenvalue weighted by Gasteiger charge is -2.31. The molecule has 3 N–H and O–H groups in total. The molecule has 0 heterocycles. The lowest BCUT2D eigenvalue weighted by atomic mass is 9.89.